The zero-order chi connectivity index (χ0) is 16.0. The van der Waals surface area contributed by atoms with Crippen molar-refractivity contribution < 1.29 is 0 Å². The van der Waals surface area contributed by atoms with E-state index in [2.05, 4.69) is 70.8 Å². The number of hydrogen-bond acceptors (Lipinski definition) is 2. The molecule has 0 amide bonds. The average molecular weight is 308 g/mol. The summed E-state index contributed by atoms with van der Waals surface area (Å²) in [5.41, 5.74) is 6.52. The highest BCUT2D eigenvalue weighted by atomic mass is 15.3. The fourth-order valence-electron chi connectivity index (χ4n) is 3.82. The number of aryl methyl sites for hydroxylation is 2. The number of hydrogen-bond donors (Lipinski definition) is 1. The first kappa shape index (κ1) is 14.5. The predicted molar refractivity (Wildman–Crippen MR) is 93.6 cm³/mol. The number of fused-ring (bicyclic) bond motifs is 3. The van der Waals surface area contributed by atoms with Crippen molar-refractivity contribution in [3.63, 3.8) is 0 Å². The van der Waals surface area contributed by atoms with Gasteiger partial charge in [-0.15, -0.1) is 0 Å². The van der Waals surface area contributed by atoms with Crippen molar-refractivity contribution in [1.29, 1.82) is 0 Å². The van der Waals surface area contributed by atoms with Crippen LogP contribution in [-0.2, 0) is 19.5 Å². The van der Waals surface area contributed by atoms with Gasteiger partial charge in [0.2, 0.25) is 0 Å². The third kappa shape index (κ3) is 2.57. The molecular weight excluding hydrogens is 284 g/mol. The lowest BCUT2D eigenvalue weighted by Crippen LogP contribution is -2.40. The molecule has 1 N–H and O–H groups in total. The molecule has 0 saturated carbocycles. The molecule has 0 fully saturated rings. The third-order valence-corrected chi connectivity index (χ3v) is 5.08. The van der Waals surface area contributed by atoms with Crippen LogP contribution < -0.4 is 0 Å². The van der Waals surface area contributed by atoms with E-state index >= 15 is 0 Å². The van der Waals surface area contributed by atoms with Crippen LogP contribution in [0.2, 0.25) is 0 Å². The largest absolute Gasteiger partial charge is 0.357 e. The molecule has 2 aromatic heterocycles. The zero-order valence-corrected chi connectivity index (χ0v) is 14.1. The zero-order valence-electron chi connectivity index (χ0n) is 14.1. The molecule has 0 aliphatic carbocycles. The molecule has 0 bridgehead atoms. The Bertz CT molecular complexity index is 842. The van der Waals surface area contributed by atoms with Crippen molar-refractivity contribution in [2.24, 2.45) is 0 Å². The smallest absolute Gasteiger partial charge is 0.0596 e. The van der Waals surface area contributed by atoms with Gasteiger partial charge in [-0.05, 0) is 44.9 Å². The summed E-state index contributed by atoms with van der Waals surface area (Å²) in [5.74, 6) is 0. The van der Waals surface area contributed by atoms with E-state index in [1.54, 1.807) is 0 Å². The molecule has 3 heterocycles. The van der Waals surface area contributed by atoms with Crippen LogP contribution in [0.5, 0.6) is 0 Å². The number of benzene rings is 1. The van der Waals surface area contributed by atoms with Gasteiger partial charge in [0.25, 0.3) is 0 Å². The topological polar surface area (TPSA) is 36.9 Å². The Labute approximate surface area is 137 Å². The monoisotopic (exact) mass is 308 g/mol. The van der Waals surface area contributed by atoms with Crippen LogP contribution in [0.25, 0.3) is 10.9 Å². The maximum absolute atomic E-state index is 4.61. The second kappa shape index (κ2) is 5.53. The molecule has 0 saturated heterocycles. The molecule has 23 heavy (non-hydrogen) atoms. The summed E-state index contributed by atoms with van der Waals surface area (Å²) in [5, 5.41) is 6.00. The number of nitrogens with one attached hydrogen (secondary N) is 1. The van der Waals surface area contributed by atoms with Crippen molar-refractivity contribution >= 4 is 10.9 Å². The van der Waals surface area contributed by atoms with Crippen molar-refractivity contribution in [1.82, 2.24) is 19.7 Å². The fourth-order valence-corrected chi connectivity index (χ4v) is 3.82. The predicted octanol–water partition coefficient (Wildman–Crippen LogP) is 3.43. The highest BCUT2D eigenvalue weighted by Crippen LogP contribution is 2.28. The van der Waals surface area contributed by atoms with Gasteiger partial charge in [0.05, 0.1) is 12.2 Å². The Morgan fingerprint density at radius 2 is 2.09 bits per heavy atom. The molecular formula is C19H24N4. The Hall–Kier alpha value is -2.07. The first-order chi connectivity index (χ1) is 11.1. The van der Waals surface area contributed by atoms with Gasteiger partial charge in [-0.1, -0.05) is 18.2 Å². The fraction of sp³-hybridized carbons (Fsp3) is 0.421. The number of para-hydroxylation sites is 1. The first-order valence-electron chi connectivity index (χ1n) is 8.45. The number of aromatic amines is 1. The molecule has 0 radical (unpaired) electrons. The van der Waals surface area contributed by atoms with Crippen LogP contribution in [0.3, 0.4) is 0 Å². The standard InChI is InChI=1S/C19H24N4/c1-13-10-14(2)23(21-13)11-15(3)22-9-8-17-16-6-4-5-7-18(16)20-19(17)12-22/h4-7,10,15,20H,8-9,11-12H2,1-3H3. The molecule has 3 aromatic rings. The summed E-state index contributed by atoms with van der Waals surface area (Å²) in [6.07, 6.45) is 1.13. The lowest BCUT2D eigenvalue weighted by atomic mass is 10.0. The number of aromatic nitrogens is 3. The summed E-state index contributed by atoms with van der Waals surface area (Å²) in [4.78, 5) is 6.18. The van der Waals surface area contributed by atoms with Crippen LogP contribution in [0.1, 0.15) is 29.6 Å². The van der Waals surface area contributed by atoms with Gasteiger partial charge in [0.15, 0.2) is 0 Å². The highest BCUT2D eigenvalue weighted by molar-refractivity contribution is 5.84. The third-order valence-electron chi connectivity index (χ3n) is 5.08. The Morgan fingerprint density at radius 3 is 2.87 bits per heavy atom. The van der Waals surface area contributed by atoms with E-state index in [1.807, 2.05) is 0 Å². The van der Waals surface area contributed by atoms with Crippen molar-refractivity contribution in [3.8, 4) is 0 Å². The molecule has 1 aliphatic heterocycles. The summed E-state index contributed by atoms with van der Waals surface area (Å²) in [6, 6.07) is 11.3. The summed E-state index contributed by atoms with van der Waals surface area (Å²) in [7, 11) is 0. The summed E-state index contributed by atoms with van der Waals surface area (Å²) >= 11 is 0. The lowest BCUT2D eigenvalue weighted by molar-refractivity contribution is 0.168. The second-order valence-corrected chi connectivity index (χ2v) is 6.81. The molecule has 0 spiro atoms. The van der Waals surface area contributed by atoms with Crippen molar-refractivity contribution in [3.05, 3.63) is 53.0 Å². The molecule has 1 atom stereocenters. The summed E-state index contributed by atoms with van der Waals surface area (Å²) in [6.45, 7) is 9.59. The van der Waals surface area contributed by atoms with Gasteiger partial charge in [-0.25, -0.2) is 0 Å². The highest BCUT2D eigenvalue weighted by Gasteiger charge is 2.24. The molecule has 1 aliphatic rings. The molecule has 1 unspecified atom stereocenters. The van der Waals surface area contributed by atoms with Gasteiger partial charge in [-0.2, -0.15) is 5.10 Å². The Balaban J connectivity index is 1.54. The van der Waals surface area contributed by atoms with Gasteiger partial charge < -0.3 is 4.98 Å². The minimum atomic E-state index is 0.479. The van der Waals surface area contributed by atoms with Crippen LogP contribution >= 0.6 is 0 Å². The normalized spacial score (nSPS) is 16.7. The van der Waals surface area contributed by atoms with E-state index in [0.29, 0.717) is 6.04 Å². The second-order valence-electron chi connectivity index (χ2n) is 6.81. The van der Waals surface area contributed by atoms with E-state index in [-0.39, 0.29) is 0 Å². The Kier molecular flexibility index (Phi) is 3.49. The number of H-pyrrole nitrogens is 1. The minimum Gasteiger partial charge on any atom is -0.357 e. The van der Waals surface area contributed by atoms with Gasteiger partial charge in [0, 0.05) is 41.4 Å². The average Bonchev–Trinajstić information content (AvgIpc) is 3.06. The summed E-state index contributed by atoms with van der Waals surface area (Å²) < 4.78 is 2.14. The lowest BCUT2D eigenvalue weighted by Gasteiger charge is -2.32. The molecule has 1 aromatic carbocycles. The maximum Gasteiger partial charge on any atom is 0.0596 e. The van der Waals surface area contributed by atoms with E-state index in [0.717, 1.165) is 31.7 Å². The molecule has 4 nitrogen and oxygen atoms in total. The molecule has 120 valence electrons. The number of rotatable bonds is 3. The number of nitrogens with zero attached hydrogens (tertiary/aromatic N) is 3. The first-order valence-corrected chi connectivity index (χ1v) is 8.45. The van der Waals surface area contributed by atoms with Crippen LogP contribution in [0, 0.1) is 13.8 Å². The van der Waals surface area contributed by atoms with Crippen LogP contribution in [0.15, 0.2) is 30.3 Å². The molecule has 4 heteroatoms. The van der Waals surface area contributed by atoms with E-state index in [9.17, 15) is 0 Å². The minimum absolute atomic E-state index is 0.479. The van der Waals surface area contributed by atoms with Gasteiger partial charge in [0.1, 0.15) is 0 Å². The van der Waals surface area contributed by atoms with Crippen LogP contribution in [0.4, 0.5) is 0 Å². The Morgan fingerprint density at radius 1 is 1.26 bits per heavy atom. The van der Waals surface area contributed by atoms with Gasteiger partial charge >= 0.3 is 0 Å². The van der Waals surface area contributed by atoms with E-state index in [4.69, 9.17) is 0 Å². The SMILES string of the molecule is Cc1cc(C)n(CC(C)N2CCc3c([nH]c4ccccc34)C2)n1. The van der Waals surface area contributed by atoms with Gasteiger partial charge in [-0.3, -0.25) is 9.58 Å². The van der Waals surface area contributed by atoms with Crippen LogP contribution in [-0.4, -0.2) is 32.3 Å². The maximum atomic E-state index is 4.61. The van der Waals surface area contributed by atoms with E-state index in [1.165, 1.54) is 27.9 Å². The van der Waals surface area contributed by atoms with Crippen molar-refractivity contribution in [2.75, 3.05) is 6.54 Å². The van der Waals surface area contributed by atoms with E-state index < -0.39 is 0 Å². The quantitative estimate of drug-likeness (QED) is 0.805. The van der Waals surface area contributed by atoms with Crippen molar-refractivity contribution in [2.45, 2.75) is 46.3 Å². The molecule has 4 rings (SSSR count).